The highest BCUT2D eigenvalue weighted by Crippen LogP contribution is 2.36. The fraction of sp³-hybridized carbons (Fsp3) is 0.320. The average Bonchev–Trinajstić information content (AvgIpc) is 3.27. The molecule has 202 valence electrons. The maximum Gasteiger partial charge on any atom is 0.417 e. The number of carbonyl (C=O) groups is 2. The first-order chi connectivity index (χ1) is 18.7. The Kier molecular flexibility index (Phi) is 6.26. The second-order valence-electron chi connectivity index (χ2n) is 9.71. The number of carbonyl (C=O) groups excluding carboxylic acids is 2. The number of nitrogens with zero attached hydrogens (tertiary/aromatic N) is 4. The lowest BCUT2D eigenvalue weighted by atomic mass is 10.1. The van der Waals surface area contributed by atoms with Crippen molar-refractivity contribution in [3.8, 4) is 11.3 Å². The molecular weight excluding hydrogens is 537 g/mol. The first-order valence-corrected chi connectivity index (χ1v) is 12.7. The van der Waals surface area contributed by atoms with Gasteiger partial charge < -0.3 is 16.0 Å². The van der Waals surface area contributed by atoms with Crippen LogP contribution in [-0.4, -0.2) is 49.6 Å². The zero-order chi connectivity index (χ0) is 27.3. The molecule has 14 heteroatoms. The van der Waals surface area contributed by atoms with Crippen molar-refractivity contribution >= 4 is 45.8 Å². The van der Waals surface area contributed by atoms with Gasteiger partial charge in [0.15, 0.2) is 5.82 Å². The van der Waals surface area contributed by atoms with Crippen LogP contribution in [0.1, 0.15) is 30.9 Å². The number of benzene rings is 2. The van der Waals surface area contributed by atoms with E-state index in [-0.39, 0.29) is 23.6 Å². The number of halogens is 4. The van der Waals surface area contributed by atoms with E-state index in [0.29, 0.717) is 24.5 Å². The first-order valence-electron chi connectivity index (χ1n) is 12.3. The number of H-pyrrole nitrogens is 1. The number of fused-ring (bicyclic) bond motifs is 1. The minimum Gasteiger partial charge on any atom is -0.325 e. The molecule has 39 heavy (non-hydrogen) atoms. The molecule has 4 N–H and O–H groups in total. The highest BCUT2D eigenvalue weighted by Gasteiger charge is 2.35. The fourth-order valence-corrected chi connectivity index (χ4v) is 4.82. The van der Waals surface area contributed by atoms with Crippen LogP contribution in [0.25, 0.3) is 22.2 Å². The molecule has 2 atom stereocenters. The molecule has 4 aromatic rings. The first kappa shape index (κ1) is 25.3. The molecule has 1 aliphatic heterocycles. The van der Waals surface area contributed by atoms with E-state index in [0.717, 1.165) is 41.4 Å². The van der Waals surface area contributed by atoms with Crippen molar-refractivity contribution in [1.29, 1.82) is 0 Å². The predicted octanol–water partition coefficient (Wildman–Crippen LogP) is 4.38. The fourth-order valence-electron chi connectivity index (χ4n) is 4.59. The van der Waals surface area contributed by atoms with Crippen LogP contribution in [0.2, 0.25) is 5.02 Å². The normalized spacial score (nSPS) is 19.4. The van der Waals surface area contributed by atoms with Gasteiger partial charge in [-0.2, -0.15) is 18.3 Å². The molecule has 10 nitrogen and oxygen atoms in total. The second-order valence-corrected chi connectivity index (χ2v) is 10.1. The highest BCUT2D eigenvalue weighted by atomic mass is 35.5. The molecule has 1 saturated carbocycles. The van der Waals surface area contributed by atoms with Crippen LogP contribution < -0.4 is 16.0 Å². The number of hydrogen-bond donors (Lipinski definition) is 4. The summed E-state index contributed by atoms with van der Waals surface area (Å²) in [7, 11) is 0. The standard InChI is InChI=1S/C25H22ClF3N8O2/c26-18-6-4-14(8-17(18)25(27,28)29)31-24(39)20-9-15(10-30-20)37-11-21(34-36-37)13-3-5-16-19(7-13)33-35-22(16)32-23(38)12-1-2-12/h3-8,11-12,15,20,30H,1-2,9-10H2,(H,31,39)(H2,32,33,35,38)/t15-,20-/m0/s1. The smallest absolute Gasteiger partial charge is 0.325 e. The van der Waals surface area contributed by atoms with Gasteiger partial charge in [-0.1, -0.05) is 22.9 Å². The third-order valence-electron chi connectivity index (χ3n) is 6.90. The SMILES string of the molecule is O=C(Nc1n[nH]c2cc(-c3cn([C@@H]4CN[C@H](C(=O)Nc5ccc(Cl)c(C(F)(F)F)c5)C4)nn3)ccc12)C1CC1. The third-order valence-corrected chi connectivity index (χ3v) is 7.23. The molecule has 0 radical (unpaired) electrons. The maximum atomic E-state index is 13.1. The zero-order valence-corrected chi connectivity index (χ0v) is 21.0. The summed E-state index contributed by atoms with van der Waals surface area (Å²) < 4.78 is 41.1. The topological polar surface area (TPSA) is 130 Å². The number of hydrogen-bond acceptors (Lipinski definition) is 6. The van der Waals surface area contributed by atoms with Crippen molar-refractivity contribution < 1.29 is 22.8 Å². The van der Waals surface area contributed by atoms with Crippen molar-refractivity contribution in [1.82, 2.24) is 30.5 Å². The molecular formula is C25H22ClF3N8O2. The second kappa shape index (κ2) is 9.65. The number of aromatic nitrogens is 5. The summed E-state index contributed by atoms with van der Waals surface area (Å²) in [6.07, 6.45) is -0.676. The van der Waals surface area contributed by atoms with Crippen molar-refractivity contribution in [3.63, 3.8) is 0 Å². The molecule has 2 fully saturated rings. The zero-order valence-electron chi connectivity index (χ0n) is 20.2. The van der Waals surface area contributed by atoms with Crippen molar-refractivity contribution in [2.75, 3.05) is 17.2 Å². The Morgan fingerprint density at radius 3 is 2.67 bits per heavy atom. The van der Waals surface area contributed by atoms with Crippen LogP contribution in [-0.2, 0) is 15.8 Å². The van der Waals surface area contributed by atoms with Crippen LogP contribution in [0.4, 0.5) is 24.7 Å². The van der Waals surface area contributed by atoms with Crippen molar-refractivity contribution in [2.24, 2.45) is 5.92 Å². The Hall–Kier alpha value is -3.97. The van der Waals surface area contributed by atoms with Crippen LogP contribution in [0, 0.1) is 5.92 Å². The molecule has 1 saturated heterocycles. The summed E-state index contributed by atoms with van der Waals surface area (Å²) in [4.78, 5) is 24.8. The summed E-state index contributed by atoms with van der Waals surface area (Å²) in [6, 6.07) is 8.03. The van der Waals surface area contributed by atoms with Crippen LogP contribution in [0.3, 0.4) is 0 Å². The van der Waals surface area contributed by atoms with Gasteiger partial charge in [0, 0.05) is 29.1 Å². The lowest BCUT2D eigenvalue weighted by Gasteiger charge is -2.14. The van der Waals surface area contributed by atoms with E-state index in [4.69, 9.17) is 11.6 Å². The molecule has 0 unspecified atom stereocenters. The number of rotatable bonds is 6. The van der Waals surface area contributed by atoms with E-state index in [1.807, 2.05) is 18.2 Å². The number of alkyl halides is 3. The van der Waals surface area contributed by atoms with E-state index >= 15 is 0 Å². The molecule has 2 aliphatic rings. The van der Waals surface area contributed by atoms with Gasteiger partial charge in [0.1, 0.15) is 5.69 Å². The lowest BCUT2D eigenvalue weighted by molar-refractivity contribution is -0.137. The predicted molar refractivity (Wildman–Crippen MR) is 137 cm³/mol. The lowest BCUT2D eigenvalue weighted by Crippen LogP contribution is -2.35. The Morgan fingerprint density at radius 2 is 1.90 bits per heavy atom. The van der Waals surface area contributed by atoms with Crippen molar-refractivity contribution in [2.45, 2.75) is 37.5 Å². The van der Waals surface area contributed by atoms with Gasteiger partial charge in [-0.15, -0.1) is 5.10 Å². The molecule has 0 spiro atoms. The summed E-state index contributed by atoms with van der Waals surface area (Å²) in [5.41, 5.74) is 1.14. The van der Waals surface area contributed by atoms with Crippen molar-refractivity contribution in [3.05, 3.63) is 53.2 Å². The average molecular weight is 559 g/mol. The maximum absolute atomic E-state index is 13.1. The molecule has 1 aliphatic carbocycles. The minimum absolute atomic E-state index is 0.00878. The van der Waals surface area contributed by atoms with E-state index < -0.39 is 28.7 Å². The number of nitrogens with one attached hydrogen (secondary N) is 4. The monoisotopic (exact) mass is 558 g/mol. The summed E-state index contributed by atoms with van der Waals surface area (Å²) >= 11 is 5.66. The van der Waals surface area contributed by atoms with E-state index in [1.54, 1.807) is 10.9 Å². The van der Waals surface area contributed by atoms with Gasteiger partial charge in [0.05, 0.1) is 34.4 Å². The summed E-state index contributed by atoms with van der Waals surface area (Å²) in [6.45, 7) is 0.430. The van der Waals surface area contributed by atoms with Crippen LogP contribution >= 0.6 is 11.6 Å². The highest BCUT2D eigenvalue weighted by molar-refractivity contribution is 6.31. The number of anilines is 2. The molecule has 2 aromatic heterocycles. The summed E-state index contributed by atoms with van der Waals surface area (Å²) in [5, 5.41) is 24.5. The molecule has 2 aromatic carbocycles. The largest absolute Gasteiger partial charge is 0.417 e. The van der Waals surface area contributed by atoms with E-state index in [2.05, 4.69) is 36.5 Å². The van der Waals surface area contributed by atoms with Crippen LogP contribution in [0.5, 0.6) is 0 Å². The van der Waals surface area contributed by atoms with E-state index in [1.165, 1.54) is 6.07 Å². The minimum atomic E-state index is -4.63. The van der Waals surface area contributed by atoms with E-state index in [9.17, 15) is 22.8 Å². The van der Waals surface area contributed by atoms with Crippen LogP contribution in [0.15, 0.2) is 42.6 Å². The van der Waals surface area contributed by atoms with Gasteiger partial charge in [0.25, 0.3) is 0 Å². The third kappa shape index (κ3) is 5.19. The molecule has 3 heterocycles. The molecule has 2 amide bonds. The Morgan fingerprint density at radius 1 is 1.08 bits per heavy atom. The quantitative estimate of drug-likeness (QED) is 0.278. The van der Waals surface area contributed by atoms with Gasteiger partial charge in [-0.3, -0.25) is 14.7 Å². The number of amides is 2. The van der Waals surface area contributed by atoms with Gasteiger partial charge in [-0.25, -0.2) is 4.68 Å². The Bertz CT molecular complexity index is 1580. The van der Waals surface area contributed by atoms with Gasteiger partial charge in [0.2, 0.25) is 11.8 Å². The summed E-state index contributed by atoms with van der Waals surface area (Å²) in [5.74, 6) is 0.0857. The molecule has 0 bridgehead atoms. The van der Waals surface area contributed by atoms with Gasteiger partial charge in [-0.05, 0) is 49.6 Å². The Balaban J connectivity index is 1.11. The number of aromatic amines is 1. The van der Waals surface area contributed by atoms with Gasteiger partial charge >= 0.3 is 6.18 Å². The molecule has 6 rings (SSSR count). The Labute approximate surface area is 224 Å².